The van der Waals surface area contributed by atoms with Gasteiger partial charge in [0.1, 0.15) is 0 Å². The molecular weight excluding hydrogens is 362 g/mol. The minimum atomic E-state index is -0.141. The summed E-state index contributed by atoms with van der Waals surface area (Å²) in [4.78, 5) is 27.0. The molecule has 5 heteroatoms. The highest BCUT2D eigenvalue weighted by Gasteiger charge is 2.28. The standard InChI is InChI=1S/C24H29N3O2/c1-3-8-23(28)26-14-7-9-17(16-26)24(29)25-18-12-13-22-20(15-18)19-10-5-6-11-21(19)27(22)4-2/h5-6,10-13,15,17H,3-4,7-9,14,16H2,1-2H3,(H,25,29). The van der Waals surface area contributed by atoms with Gasteiger partial charge in [-0.1, -0.05) is 25.1 Å². The lowest BCUT2D eigenvalue weighted by Crippen LogP contribution is -2.43. The average molecular weight is 392 g/mol. The van der Waals surface area contributed by atoms with Crippen LogP contribution in [0.3, 0.4) is 0 Å². The highest BCUT2D eigenvalue weighted by Crippen LogP contribution is 2.31. The van der Waals surface area contributed by atoms with E-state index in [4.69, 9.17) is 0 Å². The molecule has 1 aromatic heterocycles. The summed E-state index contributed by atoms with van der Waals surface area (Å²) in [5, 5.41) is 5.46. The van der Waals surface area contributed by atoms with Crippen LogP contribution in [0.5, 0.6) is 0 Å². The largest absolute Gasteiger partial charge is 0.342 e. The van der Waals surface area contributed by atoms with Crippen LogP contribution in [-0.4, -0.2) is 34.4 Å². The van der Waals surface area contributed by atoms with Crippen LogP contribution in [-0.2, 0) is 16.1 Å². The monoisotopic (exact) mass is 391 g/mol. The number of carbonyl (C=O) groups excluding carboxylic acids is 2. The van der Waals surface area contributed by atoms with Crippen molar-refractivity contribution >= 4 is 39.3 Å². The number of fused-ring (bicyclic) bond motifs is 3. The molecule has 0 radical (unpaired) electrons. The van der Waals surface area contributed by atoms with Crippen molar-refractivity contribution in [1.82, 2.24) is 9.47 Å². The third-order valence-corrected chi connectivity index (χ3v) is 5.96. The fraction of sp³-hybridized carbons (Fsp3) is 0.417. The first-order chi connectivity index (χ1) is 14.1. The van der Waals surface area contributed by atoms with Crippen molar-refractivity contribution < 1.29 is 9.59 Å². The van der Waals surface area contributed by atoms with Crippen molar-refractivity contribution in [2.75, 3.05) is 18.4 Å². The number of piperidine rings is 1. The Bertz CT molecular complexity index is 1050. The van der Waals surface area contributed by atoms with Gasteiger partial charge in [-0.25, -0.2) is 0 Å². The molecule has 2 aromatic carbocycles. The Morgan fingerprint density at radius 2 is 1.86 bits per heavy atom. The number of benzene rings is 2. The van der Waals surface area contributed by atoms with E-state index in [9.17, 15) is 9.59 Å². The third-order valence-electron chi connectivity index (χ3n) is 5.96. The molecular formula is C24H29N3O2. The topological polar surface area (TPSA) is 54.3 Å². The molecule has 1 aliphatic rings. The lowest BCUT2D eigenvalue weighted by molar-refractivity contribution is -0.134. The molecule has 4 rings (SSSR count). The maximum Gasteiger partial charge on any atom is 0.229 e. The summed E-state index contributed by atoms with van der Waals surface area (Å²) in [5.41, 5.74) is 3.21. The van der Waals surface area contributed by atoms with Gasteiger partial charge in [-0.3, -0.25) is 9.59 Å². The molecule has 1 saturated heterocycles. The number of nitrogens with zero attached hydrogens (tertiary/aromatic N) is 2. The normalized spacial score (nSPS) is 17.0. The Kier molecular flexibility index (Phi) is 5.56. The Morgan fingerprint density at radius 1 is 1.07 bits per heavy atom. The van der Waals surface area contributed by atoms with E-state index >= 15 is 0 Å². The zero-order valence-corrected chi connectivity index (χ0v) is 17.3. The van der Waals surface area contributed by atoms with Crippen LogP contribution >= 0.6 is 0 Å². The van der Waals surface area contributed by atoms with Gasteiger partial charge in [0, 0.05) is 53.5 Å². The van der Waals surface area contributed by atoms with Crippen molar-refractivity contribution in [3.05, 3.63) is 42.5 Å². The predicted octanol–water partition coefficient (Wildman–Crippen LogP) is 4.79. The van der Waals surface area contributed by atoms with Crippen LogP contribution in [0.25, 0.3) is 21.8 Å². The number of anilines is 1. The highest BCUT2D eigenvalue weighted by molar-refractivity contribution is 6.09. The summed E-state index contributed by atoms with van der Waals surface area (Å²) in [6, 6.07) is 14.5. The zero-order valence-electron chi connectivity index (χ0n) is 17.3. The van der Waals surface area contributed by atoms with E-state index in [0.29, 0.717) is 13.0 Å². The van der Waals surface area contributed by atoms with Crippen LogP contribution in [0.4, 0.5) is 5.69 Å². The molecule has 2 amide bonds. The van der Waals surface area contributed by atoms with Gasteiger partial charge in [-0.05, 0) is 50.5 Å². The van der Waals surface area contributed by atoms with Crippen LogP contribution in [0.2, 0.25) is 0 Å². The molecule has 1 N–H and O–H groups in total. The molecule has 29 heavy (non-hydrogen) atoms. The quantitative estimate of drug-likeness (QED) is 0.680. The van der Waals surface area contributed by atoms with Crippen LogP contribution in [0, 0.1) is 5.92 Å². The molecule has 3 aromatic rings. The minimum absolute atomic E-state index is 0.0116. The number of hydrogen-bond acceptors (Lipinski definition) is 2. The summed E-state index contributed by atoms with van der Waals surface area (Å²) in [5.74, 6) is 0.0358. The Morgan fingerprint density at radius 3 is 2.66 bits per heavy atom. The van der Waals surface area contributed by atoms with E-state index < -0.39 is 0 Å². The highest BCUT2D eigenvalue weighted by atomic mass is 16.2. The van der Waals surface area contributed by atoms with Crippen molar-refractivity contribution in [1.29, 1.82) is 0 Å². The summed E-state index contributed by atoms with van der Waals surface area (Å²) in [6.07, 6.45) is 3.12. The molecule has 1 unspecified atom stereocenters. The smallest absolute Gasteiger partial charge is 0.229 e. The molecule has 0 spiro atoms. The number of nitrogens with one attached hydrogen (secondary N) is 1. The number of hydrogen-bond donors (Lipinski definition) is 1. The van der Waals surface area contributed by atoms with E-state index in [0.717, 1.165) is 43.4 Å². The molecule has 1 aliphatic heterocycles. The van der Waals surface area contributed by atoms with E-state index in [2.05, 4.69) is 53.2 Å². The Labute approximate surface area is 171 Å². The van der Waals surface area contributed by atoms with Crippen molar-refractivity contribution in [3.63, 3.8) is 0 Å². The molecule has 1 fully saturated rings. The maximum atomic E-state index is 12.9. The minimum Gasteiger partial charge on any atom is -0.342 e. The fourth-order valence-electron chi connectivity index (χ4n) is 4.51. The van der Waals surface area contributed by atoms with E-state index in [1.165, 1.54) is 16.4 Å². The van der Waals surface area contributed by atoms with Gasteiger partial charge < -0.3 is 14.8 Å². The molecule has 0 saturated carbocycles. The molecule has 0 aliphatic carbocycles. The van der Waals surface area contributed by atoms with Crippen molar-refractivity contribution in [2.45, 2.75) is 46.1 Å². The first-order valence-electron chi connectivity index (χ1n) is 10.7. The molecule has 2 heterocycles. The van der Waals surface area contributed by atoms with Gasteiger partial charge >= 0.3 is 0 Å². The first kappa shape index (κ1) is 19.5. The Balaban J connectivity index is 1.55. The fourth-order valence-corrected chi connectivity index (χ4v) is 4.51. The summed E-state index contributed by atoms with van der Waals surface area (Å²) in [7, 11) is 0. The summed E-state index contributed by atoms with van der Waals surface area (Å²) in [6.45, 7) is 6.36. The first-order valence-corrected chi connectivity index (χ1v) is 10.7. The maximum absolute atomic E-state index is 12.9. The second-order valence-corrected chi connectivity index (χ2v) is 7.91. The second kappa shape index (κ2) is 8.27. The van der Waals surface area contributed by atoms with Crippen LogP contribution in [0.1, 0.15) is 39.5 Å². The zero-order chi connectivity index (χ0) is 20.4. The lowest BCUT2D eigenvalue weighted by atomic mass is 9.96. The number of aryl methyl sites for hydroxylation is 1. The van der Waals surface area contributed by atoms with Crippen molar-refractivity contribution in [3.8, 4) is 0 Å². The van der Waals surface area contributed by atoms with E-state index in [1.54, 1.807) is 0 Å². The second-order valence-electron chi connectivity index (χ2n) is 7.91. The predicted molar refractivity (Wildman–Crippen MR) is 118 cm³/mol. The van der Waals surface area contributed by atoms with E-state index in [-0.39, 0.29) is 17.7 Å². The molecule has 152 valence electrons. The number of likely N-dealkylation sites (tertiary alicyclic amines) is 1. The summed E-state index contributed by atoms with van der Waals surface area (Å²) >= 11 is 0. The van der Waals surface area contributed by atoms with Crippen LogP contribution < -0.4 is 5.32 Å². The number of para-hydroxylation sites is 1. The van der Waals surface area contributed by atoms with Gasteiger partial charge in [0.25, 0.3) is 0 Å². The number of amides is 2. The van der Waals surface area contributed by atoms with Gasteiger partial charge in [-0.2, -0.15) is 0 Å². The van der Waals surface area contributed by atoms with Crippen molar-refractivity contribution in [2.24, 2.45) is 5.92 Å². The summed E-state index contributed by atoms with van der Waals surface area (Å²) < 4.78 is 2.30. The van der Waals surface area contributed by atoms with Crippen LogP contribution in [0.15, 0.2) is 42.5 Å². The number of aromatic nitrogens is 1. The van der Waals surface area contributed by atoms with Gasteiger partial charge in [-0.15, -0.1) is 0 Å². The number of carbonyl (C=O) groups is 2. The molecule has 5 nitrogen and oxygen atoms in total. The van der Waals surface area contributed by atoms with Gasteiger partial charge in [0.05, 0.1) is 5.92 Å². The average Bonchev–Trinajstić information content (AvgIpc) is 3.07. The van der Waals surface area contributed by atoms with Gasteiger partial charge in [0.15, 0.2) is 0 Å². The van der Waals surface area contributed by atoms with Gasteiger partial charge in [0.2, 0.25) is 11.8 Å². The molecule has 0 bridgehead atoms. The number of rotatable bonds is 5. The SMILES string of the molecule is CCCC(=O)N1CCCC(C(=O)Nc2ccc3c(c2)c2ccccc2n3CC)C1. The Hall–Kier alpha value is -2.82. The molecule has 1 atom stereocenters. The third kappa shape index (κ3) is 3.74. The van der Waals surface area contributed by atoms with E-state index in [1.807, 2.05) is 17.9 Å². The lowest BCUT2D eigenvalue weighted by Gasteiger charge is -2.32.